The smallest absolute Gasteiger partial charge is 0.128 e. The highest BCUT2D eigenvalue weighted by atomic mass is 19.1. The summed E-state index contributed by atoms with van der Waals surface area (Å²) in [6, 6.07) is 6.66. The van der Waals surface area contributed by atoms with Crippen molar-refractivity contribution in [3.05, 3.63) is 35.6 Å². The zero-order chi connectivity index (χ0) is 13.2. The highest BCUT2D eigenvalue weighted by Gasteiger charge is 2.10. The van der Waals surface area contributed by atoms with Crippen LogP contribution in [0.5, 0.6) is 0 Å². The van der Waals surface area contributed by atoms with Crippen LogP contribution in [-0.2, 0) is 16.1 Å². The Kier molecular flexibility index (Phi) is 7.57. The lowest BCUT2D eigenvalue weighted by atomic mass is 10.2. The fourth-order valence-electron chi connectivity index (χ4n) is 1.61. The molecule has 0 spiro atoms. The second kappa shape index (κ2) is 9.03. The molecule has 0 saturated heterocycles. The van der Waals surface area contributed by atoms with E-state index in [1.165, 1.54) is 6.07 Å². The highest BCUT2D eigenvalue weighted by molar-refractivity contribution is 5.16. The molecular weight excluding hydrogens is 233 g/mol. The molecule has 0 fully saturated rings. The summed E-state index contributed by atoms with van der Waals surface area (Å²) >= 11 is 0. The Hall–Kier alpha value is -0.970. The van der Waals surface area contributed by atoms with Gasteiger partial charge in [0.1, 0.15) is 5.82 Å². The third-order valence-electron chi connectivity index (χ3n) is 2.58. The largest absolute Gasteiger partial charge is 0.382 e. The predicted molar refractivity (Wildman–Crippen MR) is 70.0 cm³/mol. The number of ether oxygens (including phenoxy) is 2. The van der Waals surface area contributed by atoms with Crippen LogP contribution in [0.3, 0.4) is 0 Å². The van der Waals surface area contributed by atoms with Crippen molar-refractivity contribution in [2.24, 2.45) is 0 Å². The lowest BCUT2D eigenvalue weighted by molar-refractivity contribution is -0.0109. The second-order valence-electron chi connectivity index (χ2n) is 4.18. The van der Waals surface area contributed by atoms with Gasteiger partial charge >= 0.3 is 0 Å². The van der Waals surface area contributed by atoms with E-state index in [0.717, 1.165) is 19.5 Å². The minimum atomic E-state index is -0.227. The zero-order valence-corrected chi connectivity index (χ0v) is 11.1. The lowest BCUT2D eigenvalue weighted by Gasteiger charge is -2.18. The summed E-state index contributed by atoms with van der Waals surface area (Å²) in [5.41, 5.74) is 0.578. The van der Waals surface area contributed by atoms with Crippen molar-refractivity contribution in [3.63, 3.8) is 0 Å². The van der Waals surface area contributed by atoms with E-state index in [1.54, 1.807) is 19.2 Å². The number of halogens is 1. The van der Waals surface area contributed by atoms with Crippen molar-refractivity contribution in [3.8, 4) is 0 Å². The van der Waals surface area contributed by atoms with Gasteiger partial charge in [0, 0.05) is 19.2 Å². The van der Waals surface area contributed by atoms with Crippen LogP contribution in [0, 0.1) is 5.82 Å². The molecule has 18 heavy (non-hydrogen) atoms. The van der Waals surface area contributed by atoms with Gasteiger partial charge in [-0.2, -0.15) is 0 Å². The average Bonchev–Trinajstić information content (AvgIpc) is 2.38. The summed E-state index contributed by atoms with van der Waals surface area (Å²) in [5.74, 6) is -0.227. The molecule has 1 unspecified atom stereocenters. The van der Waals surface area contributed by atoms with E-state index >= 15 is 0 Å². The second-order valence-corrected chi connectivity index (χ2v) is 4.18. The first-order valence-corrected chi connectivity index (χ1v) is 6.32. The fourth-order valence-corrected chi connectivity index (χ4v) is 1.61. The first-order valence-electron chi connectivity index (χ1n) is 6.32. The van der Waals surface area contributed by atoms with Crippen molar-refractivity contribution < 1.29 is 13.9 Å². The minimum absolute atomic E-state index is 0.0545. The van der Waals surface area contributed by atoms with Crippen LogP contribution >= 0.6 is 0 Å². The lowest BCUT2D eigenvalue weighted by Crippen LogP contribution is -2.33. The molecular formula is C14H22FNO2. The first-order chi connectivity index (χ1) is 8.77. The van der Waals surface area contributed by atoms with Gasteiger partial charge in [-0.15, -0.1) is 0 Å². The van der Waals surface area contributed by atoms with Gasteiger partial charge in [-0.1, -0.05) is 25.1 Å². The predicted octanol–water partition coefficient (Wildman–Crippen LogP) is 2.36. The molecule has 0 aliphatic carbocycles. The maximum absolute atomic E-state index is 13.4. The third-order valence-corrected chi connectivity index (χ3v) is 2.58. The SMILES string of the molecule is CCCNCC(COC)OCc1ccccc1F. The van der Waals surface area contributed by atoms with E-state index in [4.69, 9.17) is 9.47 Å². The Morgan fingerprint density at radius 2 is 2.11 bits per heavy atom. The molecule has 0 bridgehead atoms. The minimum Gasteiger partial charge on any atom is -0.382 e. The van der Waals surface area contributed by atoms with Gasteiger partial charge in [-0.05, 0) is 19.0 Å². The number of hydrogen-bond acceptors (Lipinski definition) is 3. The number of nitrogens with one attached hydrogen (secondary N) is 1. The highest BCUT2D eigenvalue weighted by Crippen LogP contribution is 2.09. The number of rotatable bonds is 9. The molecule has 0 aromatic heterocycles. The quantitative estimate of drug-likeness (QED) is 0.687. The molecule has 0 heterocycles. The molecule has 1 rings (SSSR count). The fraction of sp³-hybridized carbons (Fsp3) is 0.571. The Balaban J connectivity index is 2.39. The summed E-state index contributed by atoms with van der Waals surface area (Å²) in [7, 11) is 1.64. The van der Waals surface area contributed by atoms with E-state index in [0.29, 0.717) is 12.2 Å². The van der Waals surface area contributed by atoms with Gasteiger partial charge in [-0.3, -0.25) is 0 Å². The van der Waals surface area contributed by atoms with E-state index in [-0.39, 0.29) is 18.5 Å². The van der Waals surface area contributed by atoms with Crippen molar-refractivity contribution >= 4 is 0 Å². The molecule has 102 valence electrons. The van der Waals surface area contributed by atoms with Crippen molar-refractivity contribution in [1.82, 2.24) is 5.32 Å². The summed E-state index contributed by atoms with van der Waals surface area (Å²) in [4.78, 5) is 0. The van der Waals surface area contributed by atoms with Gasteiger partial charge in [-0.25, -0.2) is 4.39 Å². The summed E-state index contributed by atoms with van der Waals surface area (Å²) in [5, 5.41) is 3.27. The van der Waals surface area contributed by atoms with Crippen molar-refractivity contribution in [2.75, 3.05) is 26.8 Å². The summed E-state index contributed by atoms with van der Waals surface area (Å²) < 4.78 is 24.2. The topological polar surface area (TPSA) is 30.5 Å². The molecule has 4 heteroatoms. The normalized spacial score (nSPS) is 12.6. The monoisotopic (exact) mass is 255 g/mol. The molecule has 0 aliphatic rings. The maximum Gasteiger partial charge on any atom is 0.128 e. The van der Waals surface area contributed by atoms with Crippen LogP contribution in [0.2, 0.25) is 0 Å². The molecule has 0 aliphatic heterocycles. The van der Waals surface area contributed by atoms with Crippen LogP contribution in [0.15, 0.2) is 24.3 Å². The molecule has 1 atom stereocenters. The molecule has 3 nitrogen and oxygen atoms in total. The van der Waals surface area contributed by atoms with E-state index in [2.05, 4.69) is 12.2 Å². The maximum atomic E-state index is 13.4. The zero-order valence-electron chi connectivity index (χ0n) is 11.1. The Bertz CT molecular complexity index is 333. The van der Waals surface area contributed by atoms with Crippen molar-refractivity contribution in [2.45, 2.75) is 26.1 Å². The van der Waals surface area contributed by atoms with Crippen LogP contribution in [0.4, 0.5) is 4.39 Å². The number of benzene rings is 1. The molecule has 1 aromatic carbocycles. The Labute approximate surface area is 108 Å². The summed E-state index contributed by atoms with van der Waals surface area (Å²) in [6.45, 7) is 4.55. The average molecular weight is 255 g/mol. The molecule has 0 amide bonds. The van der Waals surface area contributed by atoms with Crippen LogP contribution < -0.4 is 5.32 Å². The standard InChI is InChI=1S/C14H22FNO2/c1-3-8-16-9-13(11-17-2)18-10-12-6-4-5-7-14(12)15/h4-7,13,16H,3,8-11H2,1-2H3. The molecule has 0 radical (unpaired) electrons. The van der Waals surface area contributed by atoms with Crippen LogP contribution in [-0.4, -0.2) is 32.9 Å². The Morgan fingerprint density at radius 3 is 2.78 bits per heavy atom. The summed E-state index contributed by atoms with van der Waals surface area (Å²) in [6.07, 6.45) is 1.02. The van der Waals surface area contributed by atoms with Crippen molar-refractivity contribution in [1.29, 1.82) is 0 Å². The van der Waals surface area contributed by atoms with Crippen LogP contribution in [0.25, 0.3) is 0 Å². The number of hydrogen-bond donors (Lipinski definition) is 1. The van der Waals surface area contributed by atoms with E-state index < -0.39 is 0 Å². The van der Waals surface area contributed by atoms with Gasteiger partial charge in [0.25, 0.3) is 0 Å². The van der Waals surface area contributed by atoms with Gasteiger partial charge in [0.2, 0.25) is 0 Å². The molecule has 0 saturated carbocycles. The number of methoxy groups -OCH3 is 1. The third kappa shape index (κ3) is 5.58. The first kappa shape index (κ1) is 15.1. The van der Waals surface area contributed by atoms with Crippen LogP contribution in [0.1, 0.15) is 18.9 Å². The van der Waals surface area contributed by atoms with Gasteiger partial charge < -0.3 is 14.8 Å². The Morgan fingerprint density at radius 1 is 1.33 bits per heavy atom. The van der Waals surface area contributed by atoms with Gasteiger partial charge in [0.15, 0.2) is 0 Å². The molecule has 1 N–H and O–H groups in total. The molecule has 1 aromatic rings. The van der Waals surface area contributed by atoms with E-state index in [1.807, 2.05) is 6.07 Å². The van der Waals surface area contributed by atoms with E-state index in [9.17, 15) is 4.39 Å². The van der Waals surface area contributed by atoms with Gasteiger partial charge in [0.05, 0.1) is 19.3 Å².